The largest absolute Gasteiger partial charge is 0.355 e. The van der Waals surface area contributed by atoms with Crippen LogP contribution >= 0.6 is 0 Å². The zero-order valence-electron chi connectivity index (χ0n) is 10.0. The van der Waals surface area contributed by atoms with Crippen molar-refractivity contribution in [2.45, 2.75) is 12.8 Å². The van der Waals surface area contributed by atoms with Crippen molar-refractivity contribution in [3.05, 3.63) is 35.4 Å². The van der Waals surface area contributed by atoms with Crippen molar-refractivity contribution in [1.29, 1.82) is 0 Å². The fraction of sp³-hybridized carbons (Fsp3) is 0.462. The lowest BCUT2D eigenvalue weighted by molar-refractivity contribution is -0.124. The Morgan fingerprint density at radius 2 is 2.06 bits per heavy atom. The molecule has 0 aromatic heterocycles. The molecule has 3 nitrogen and oxygen atoms in total. The molecule has 1 aromatic carbocycles. The Morgan fingerprint density at radius 3 is 2.67 bits per heavy atom. The van der Waals surface area contributed by atoms with Crippen molar-refractivity contribution in [1.82, 2.24) is 10.6 Å². The number of benzene rings is 1. The highest BCUT2D eigenvalue weighted by atomic mass is 19.1. The Kier molecular flexibility index (Phi) is 4.25. The van der Waals surface area contributed by atoms with Crippen molar-refractivity contribution < 1.29 is 13.6 Å². The smallest absolute Gasteiger partial charge is 0.224 e. The predicted molar refractivity (Wildman–Crippen MR) is 64.0 cm³/mol. The SMILES string of the molecule is O=C(NCCc1cc(F)cc(F)c1)C1CCNC1. The molecule has 1 aliphatic rings. The van der Waals surface area contributed by atoms with E-state index in [0.717, 1.165) is 19.0 Å². The minimum atomic E-state index is -0.587. The maximum atomic E-state index is 12.9. The van der Waals surface area contributed by atoms with Gasteiger partial charge in [0.15, 0.2) is 0 Å². The molecule has 1 saturated heterocycles. The second kappa shape index (κ2) is 5.91. The highest BCUT2D eigenvalue weighted by molar-refractivity contribution is 5.79. The third-order valence-corrected chi connectivity index (χ3v) is 3.07. The molecule has 5 heteroatoms. The van der Waals surface area contributed by atoms with Crippen molar-refractivity contribution in [2.75, 3.05) is 19.6 Å². The summed E-state index contributed by atoms with van der Waals surface area (Å²) in [5, 5.41) is 5.90. The molecule has 1 unspecified atom stereocenters. The molecule has 1 aliphatic heterocycles. The van der Waals surface area contributed by atoms with Gasteiger partial charge in [-0.15, -0.1) is 0 Å². The summed E-state index contributed by atoms with van der Waals surface area (Å²) in [4.78, 5) is 11.7. The van der Waals surface area contributed by atoms with E-state index in [9.17, 15) is 13.6 Å². The molecule has 1 fully saturated rings. The first-order valence-corrected chi connectivity index (χ1v) is 6.08. The van der Waals surface area contributed by atoms with Crippen LogP contribution in [0.3, 0.4) is 0 Å². The molecule has 2 rings (SSSR count). The summed E-state index contributed by atoms with van der Waals surface area (Å²) in [6.07, 6.45) is 1.28. The lowest BCUT2D eigenvalue weighted by Crippen LogP contribution is -2.33. The Balaban J connectivity index is 1.79. The fourth-order valence-corrected chi connectivity index (χ4v) is 2.11. The normalized spacial score (nSPS) is 18.9. The van der Waals surface area contributed by atoms with Crippen molar-refractivity contribution in [3.63, 3.8) is 0 Å². The molecule has 1 heterocycles. The Hall–Kier alpha value is -1.49. The number of hydrogen-bond donors (Lipinski definition) is 2. The summed E-state index contributed by atoms with van der Waals surface area (Å²) >= 11 is 0. The van der Waals surface area contributed by atoms with E-state index < -0.39 is 11.6 Å². The number of carbonyl (C=O) groups excluding carboxylic acids is 1. The average Bonchev–Trinajstić information content (AvgIpc) is 2.80. The standard InChI is InChI=1S/C13H16F2N2O/c14-11-5-9(6-12(15)7-11)1-4-17-13(18)10-2-3-16-8-10/h5-7,10,16H,1-4,8H2,(H,17,18). The molecule has 0 radical (unpaired) electrons. The molecule has 18 heavy (non-hydrogen) atoms. The first kappa shape index (κ1) is 13.0. The Morgan fingerprint density at radius 1 is 1.33 bits per heavy atom. The van der Waals surface area contributed by atoms with Gasteiger partial charge in [-0.1, -0.05) is 0 Å². The zero-order valence-corrected chi connectivity index (χ0v) is 10.0. The zero-order chi connectivity index (χ0) is 13.0. The van der Waals surface area contributed by atoms with E-state index in [0.29, 0.717) is 25.1 Å². The van der Waals surface area contributed by atoms with Crippen LogP contribution in [0.5, 0.6) is 0 Å². The van der Waals surface area contributed by atoms with E-state index in [1.165, 1.54) is 12.1 Å². The monoisotopic (exact) mass is 254 g/mol. The van der Waals surface area contributed by atoms with Gasteiger partial charge in [-0.3, -0.25) is 4.79 Å². The maximum absolute atomic E-state index is 12.9. The van der Waals surface area contributed by atoms with Crippen molar-refractivity contribution in [3.8, 4) is 0 Å². The highest BCUT2D eigenvalue weighted by Crippen LogP contribution is 2.09. The number of rotatable bonds is 4. The van der Waals surface area contributed by atoms with Crippen LogP contribution in [0.15, 0.2) is 18.2 Å². The average molecular weight is 254 g/mol. The van der Waals surface area contributed by atoms with Crippen LogP contribution in [-0.2, 0) is 11.2 Å². The number of halogens is 2. The molecule has 2 N–H and O–H groups in total. The van der Waals surface area contributed by atoms with E-state index in [1.54, 1.807) is 0 Å². The maximum Gasteiger partial charge on any atom is 0.224 e. The van der Waals surface area contributed by atoms with Gasteiger partial charge in [-0.25, -0.2) is 8.78 Å². The van der Waals surface area contributed by atoms with Crippen LogP contribution in [0, 0.1) is 17.6 Å². The van der Waals surface area contributed by atoms with Gasteiger partial charge in [0.1, 0.15) is 11.6 Å². The summed E-state index contributed by atoms with van der Waals surface area (Å²) < 4.78 is 25.8. The van der Waals surface area contributed by atoms with Crippen molar-refractivity contribution in [2.24, 2.45) is 5.92 Å². The van der Waals surface area contributed by atoms with E-state index in [4.69, 9.17) is 0 Å². The minimum Gasteiger partial charge on any atom is -0.355 e. The topological polar surface area (TPSA) is 41.1 Å². The molecule has 98 valence electrons. The second-order valence-corrected chi connectivity index (χ2v) is 4.51. The summed E-state index contributed by atoms with van der Waals surface area (Å²) in [5.41, 5.74) is 0.553. The molecular weight excluding hydrogens is 238 g/mol. The van der Waals surface area contributed by atoms with Gasteiger partial charge in [0.25, 0.3) is 0 Å². The van der Waals surface area contributed by atoms with Crippen LogP contribution in [0.1, 0.15) is 12.0 Å². The number of amides is 1. The fourth-order valence-electron chi connectivity index (χ4n) is 2.11. The van der Waals surface area contributed by atoms with Gasteiger partial charge < -0.3 is 10.6 Å². The summed E-state index contributed by atoms with van der Waals surface area (Å²) in [6.45, 7) is 1.98. The van der Waals surface area contributed by atoms with Crippen LogP contribution in [0.2, 0.25) is 0 Å². The molecule has 0 spiro atoms. The van der Waals surface area contributed by atoms with E-state index in [-0.39, 0.29) is 11.8 Å². The quantitative estimate of drug-likeness (QED) is 0.848. The molecule has 1 atom stereocenters. The number of nitrogens with one attached hydrogen (secondary N) is 2. The van der Waals surface area contributed by atoms with Gasteiger partial charge >= 0.3 is 0 Å². The molecule has 0 aliphatic carbocycles. The van der Waals surface area contributed by atoms with Crippen LogP contribution in [0.25, 0.3) is 0 Å². The summed E-state index contributed by atoms with van der Waals surface area (Å²) in [6, 6.07) is 3.41. The summed E-state index contributed by atoms with van der Waals surface area (Å²) in [5.74, 6) is -1.14. The van der Waals surface area contributed by atoms with Crippen molar-refractivity contribution >= 4 is 5.91 Å². The third kappa shape index (κ3) is 3.50. The number of hydrogen-bond acceptors (Lipinski definition) is 2. The van der Waals surface area contributed by atoms with Crippen LogP contribution < -0.4 is 10.6 Å². The third-order valence-electron chi connectivity index (χ3n) is 3.07. The molecule has 1 aromatic rings. The molecule has 1 amide bonds. The summed E-state index contributed by atoms with van der Waals surface area (Å²) in [7, 11) is 0. The molecular formula is C13H16F2N2O. The Labute approximate surface area is 105 Å². The molecule has 0 saturated carbocycles. The van der Waals surface area contributed by atoms with Gasteiger partial charge in [0.2, 0.25) is 5.91 Å². The lowest BCUT2D eigenvalue weighted by Gasteiger charge is -2.09. The predicted octanol–water partition coefficient (Wildman–Crippen LogP) is 1.23. The first-order valence-electron chi connectivity index (χ1n) is 6.08. The van der Waals surface area contributed by atoms with Gasteiger partial charge in [-0.2, -0.15) is 0 Å². The second-order valence-electron chi connectivity index (χ2n) is 4.51. The van der Waals surface area contributed by atoms with Gasteiger partial charge in [0, 0.05) is 19.2 Å². The van der Waals surface area contributed by atoms with E-state index in [2.05, 4.69) is 10.6 Å². The van der Waals surface area contributed by atoms with Gasteiger partial charge in [-0.05, 0) is 37.1 Å². The van der Waals surface area contributed by atoms with E-state index >= 15 is 0 Å². The minimum absolute atomic E-state index is 0.0110. The highest BCUT2D eigenvalue weighted by Gasteiger charge is 2.21. The van der Waals surface area contributed by atoms with E-state index in [1.807, 2.05) is 0 Å². The van der Waals surface area contributed by atoms with Crippen LogP contribution in [0.4, 0.5) is 8.78 Å². The lowest BCUT2D eigenvalue weighted by atomic mass is 10.1. The molecule has 0 bridgehead atoms. The van der Waals surface area contributed by atoms with Gasteiger partial charge in [0.05, 0.1) is 5.92 Å². The number of carbonyl (C=O) groups is 1. The Bertz CT molecular complexity index is 411. The van der Waals surface area contributed by atoms with Crippen LogP contribution in [-0.4, -0.2) is 25.5 Å². The first-order chi connectivity index (χ1) is 8.65.